The Balaban J connectivity index is 1.09. The van der Waals surface area contributed by atoms with Gasteiger partial charge in [0.25, 0.3) is 0 Å². The molecule has 6 aromatic carbocycles. The van der Waals surface area contributed by atoms with Crippen LogP contribution in [0.3, 0.4) is 0 Å². The topological polar surface area (TPSA) is 34.0 Å². The van der Waals surface area contributed by atoms with Gasteiger partial charge in [-0.15, -0.1) is 0 Å². The first-order valence-electron chi connectivity index (χ1n) is 18.8. The van der Waals surface area contributed by atoms with Gasteiger partial charge in [-0.05, 0) is 101 Å². The molecule has 0 saturated carbocycles. The number of benzene rings is 6. The third-order valence-corrected chi connectivity index (χ3v) is 10.5. The van der Waals surface area contributed by atoms with Gasteiger partial charge in [-0.1, -0.05) is 128 Å². The number of rotatable bonds is 6. The van der Waals surface area contributed by atoms with Crippen molar-refractivity contribution in [3.8, 4) is 39.3 Å². The number of aromatic nitrogens is 3. The fourth-order valence-corrected chi connectivity index (χ4v) is 7.91. The van der Waals surface area contributed by atoms with Crippen LogP contribution in [0.2, 0.25) is 0 Å². The molecule has 0 spiro atoms. The monoisotopic (exact) mass is 716 g/mol. The maximum atomic E-state index is 5.18. The molecule has 0 N–H and O–H groups in total. The molecule has 9 aromatic rings. The van der Waals surface area contributed by atoms with Crippen LogP contribution in [0, 0.1) is 0 Å². The molecule has 4 heteroatoms. The first-order chi connectivity index (χ1) is 27.7. The average Bonchev–Trinajstić information content (AvgIpc) is 3.61. The third kappa shape index (κ3) is 5.90. The maximum absolute atomic E-state index is 5.18. The van der Waals surface area contributed by atoms with Crippen LogP contribution in [0.4, 0.5) is 11.4 Å². The summed E-state index contributed by atoms with van der Waals surface area (Å²) in [7, 11) is 0. The minimum absolute atomic E-state index is 0.854. The summed E-state index contributed by atoms with van der Waals surface area (Å²) in [6.07, 6.45) is 8.35. The molecule has 0 amide bonds. The number of para-hydroxylation sites is 2. The Labute approximate surface area is 326 Å². The SMILES string of the molecule is C=C1/C=C(c2cccc3c2c2ccccc2n3-c2ccc(-c3cc(-c4ccccc4)cc(-c4ccccc4)n3)cc2)\C=C/N(c2ccccc2)c2cccnc21. The molecule has 0 unspecified atom stereocenters. The van der Waals surface area contributed by atoms with Crippen molar-refractivity contribution in [2.24, 2.45) is 0 Å². The molecular weight excluding hydrogens is 681 g/mol. The van der Waals surface area contributed by atoms with Crippen LogP contribution in [-0.2, 0) is 0 Å². The molecule has 4 nitrogen and oxygen atoms in total. The summed E-state index contributed by atoms with van der Waals surface area (Å²) in [5, 5.41) is 2.38. The number of pyridine rings is 2. The van der Waals surface area contributed by atoms with Gasteiger partial charge in [0.15, 0.2) is 0 Å². The normalized spacial score (nSPS) is 14.2. The predicted octanol–water partition coefficient (Wildman–Crippen LogP) is 13.3. The van der Waals surface area contributed by atoms with Crippen LogP contribution in [-0.4, -0.2) is 14.5 Å². The molecule has 0 fully saturated rings. The van der Waals surface area contributed by atoms with Crippen molar-refractivity contribution >= 4 is 44.3 Å². The molecule has 3 aromatic heterocycles. The van der Waals surface area contributed by atoms with Crippen LogP contribution >= 0.6 is 0 Å². The Kier molecular flexibility index (Phi) is 8.27. The highest BCUT2D eigenvalue weighted by atomic mass is 15.1. The predicted molar refractivity (Wildman–Crippen MR) is 234 cm³/mol. The lowest BCUT2D eigenvalue weighted by atomic mass is 9.95. The second kappa shape index (κ2) is 14.0. The highest BCUT2D eigenvalue weighted by Gasteiger charge is 2.20. The molecule has 0 saturated heterocycles. The van der Waals surface area contributed by atoms with Crippen molar-refractivity contribution in [1.29, 1.82) is 0 Å². The fraction of sp³-hybridized carbons (Fsp3) is 0. The van der Waals surface area contributed by atoms with E-state index in [1.54, 1.807) is 0 Å². The van der Waals surface area contributed by atoms with Gasteiger partial charge in [0, 0.05) is 45.7 Å². The lowest BCUT2D eigenvalue weighted by Gasteiger charge is -2.25. The molecule has 56 heavy (non-hydrogen) atoms. The zero-order chi connectivity index (χ0) is 37.4. The van der Waals surface area contributed by atoms with E-state index in [4.69, 9.17) is 9.97 Å². The third-order valence-electron chi connectivity index (χ3n) is 10.5. The van der Waals surface area contributed by atoms with Crippen LogP contribution < -0.4 is 4.90 Å². The van der Waals surface area contributed by atoms with Crippen molar-refractivity contribution in [3.05, 3.63) is 224 Å². The number of fused-ring (bicyclic) bond motifs is 4. The molecule has 0 radical (unpaired) electrons. The Morgan fingerprint density at radius 1 is 0.500 bits per heavy atom. The van der Waals surface area contributed by atoms with E-state index in [1.807, 2.05) is 24.4 Å². The second-order valence-corrected chi connectivity index (χ2v) is 14.0. The Bertz CT molecular complexity index is 2900. The van der Waals surface area contributed by atoms with Crippen molar-refractivity contribution in [3.63, 3.8) is 0 Å². The van der Waals surface area contributed by atoms with Crippen molar-refractivity contribution in [2.75, 3.05) is 4.90 Å². The van der Waals surface area contributed by atoms with E-state index in [0.717, 1.165) is 84.1 Å². The smallest absolute Gasteiger partial charge is 0.0936 e. The highest BCUT2D eigenvalue weighted by molar-refractivity contribution is 6.15. The zero-order valence-electron chi connectivity index (χ0n) is 30.6. The summed E-state index contributed by atoms with van der Waals surface area (Å²) in [6.45, 7) is 4.52. The van der Waals surface area contributed by atoms with Crippen LogP contribution in [0.25, 0.3) is 72.3 Å². The van der Waals surface area contributed by atoms with Crippen LogP contribution in [0.15, 0.2) is 213 Å². The number of hydrogen-bond acceptors (Lipinski definition) is 3. The summed E-state index contributed by atoms with van der Waals surface area (Å²) in [6, 6.07) is 63.9. The summed E-state index contributed by atoms with van der Waals surface area (Å²) in [4.78, 5) is 12.2. The molecule has 0 bridgehead atoms. The second-order valence-electron chi connectivity index (χ2n) is 14.0. The van der Waals surface area contributed by atoms with Crippen molar-refractivity contribution in [2.45, 2.75) is 0 Å². The molecule has 0 atom stereocenters. The number of hydrogen-bond donors (Lipinski definition) is 0. The summed E-state index contributed by atoms with van der Waals surface area (Å²) < 4.78 is 2.37. The number of nitrogens with zero attached hydrogens (tertiary/aromatic N) is 4. The van der Waals surface area contributed by atoms with Gasteiger partial charge in [-0.2, -0.15) is 0 Å². The molecule has 1 aliphatic rings. The van der Waals surface area contributed by atoms with Gasteiger partial charge in [0.05, 0.1) is 33.8 Å². The standard InChI is InChI=1S/C52H36N4/c1-36-33-40(30-32-55(42-19-9-4-10-20-42)50-25-14-31-53-52(36)50)44-22-13-24-49-51(44)45-21-11-12-23-48(45)56(49)43-28-26-39(27-29-43)47-35-41(37-15-5-2-6-16-37)34-46(54-47)38-17-7-3-8-18-38/h2-35H,1H2/b32-30-,40-33+. The van der Waals surface area contributed by atoms with Gasteiger partial charge in [0.1, 0.15) is 0 Å². The first-order valence-corrected chi connectivity index (χ1v) is 18.8. The van der Waals surface area contributed by atoms with Gasteiger partial charge in [-0.3, -0.25) is 4.98 Å². The molecule has 1 aliphatic heterocycles. The minimum Gasteiger partial charge on any atom is -0.315 e. The minimum atomic E-state index is 0.854. The Morgan fingerprint density at radius 3 is 1.89 bits per heavy atom. The van der Waals surface area contributed by atoms with Crippen molar-refractivity contribution < 1.29 is 0 Å². The lowest BCUT2D eigenvalue weighted by Crippen LogP contribution is -2.12. The van der Waals surface area contributed by atoms with Gasteiger partial charge in [0.2, 0.25) is 0 Å². The lowest BCUT2D eigenvalue weighted by molar-refractivity contribution is 1.18. The summed E-state index contributed by atoms with van der Waals surface area (Å²) in [5.41, 5.74) is 15.7. The fourth-order valence-electron chi connectivity index (χ4n) is 7.91. The Morgan fingerprint density at radius 2 is 1.14 bits per heavy atom. The van der Waals surface area contributed by atoms with E-state index >= 15 is 0 Å². The highest BCUT2D eigenvalue weighted by Crippen LogP contribution is 2.41. The van der Waals surface area contributed by atoms with E-state index in [2.05, 4.69) is 198 Å². The van der Waals surface area contributed by atoms with Crippen LogP contribution in [0.1, 0.15) is 11.3 Å². The van der Waals surface area contributed by atoms with E-state index in [0.29, 0.717) is 0 Å². The first kappa shape index (κ1) is 33.0. The number of allylic oxidation sites excluding steroid dienone is 4. The average molecular weight is 717 g/mol. The van der Waals surface area contributed by atoms with Crippen molar-refractivity contribution in [1.82, 2.24) is 14.5 Å². The van der Waals surface area contributed by atoms with E-state index in [-0.39, 0.29) is 0 Å². The largest absolute Gasteiger partial charge is 0.315 e. The quantitative estimate of drug-likeness (QED) is 0.172. The molecular formula is C52H36N4. The van der Waals surface area contributed by atoms with E-state index < -0.39 is 0 Å². The van der Waals surface area contributed by atoms with Gasteiger partial charge >= 0.3 is 0 Å². The molecule has 4 heterocycles. The molecule has 10 rings (SSSR count). The summed E-state index contributed by atoms with van der Waals surface area (Å²) >= 11 is 0. The van der Waals surface area contributed by atoms with E-state index in [9.17, 15) is 0 Å². The van der Waals surface area contributed by atoms with Crippen LogP contribution in [0.5, 0.6) is 0 Å². The van der Waals surface area contributed by atoms with Gasteiger partial charge in [-0.25, -0.2) is 4.98 Å². The maximum Gasteiger partial charge on any atom is 0.0936 e. The summed E-state index contributed by atoms with van der Waals surface area (Å²) in [5.74, 6) is 0. The Hall–Kier alpha value is -7.56. The van der Waals surface area contributed by atoms with E-state index in [1.165, 1.54) is 10.8 Å². The van der Waals surface area contributed by atoms with Gasteiger partial charge < -0.3 is 9.47 Å². The molecule has 264 valence electrons. The number of anilines is 2. The zero-order valence-corrected chi connectivity index (χ0v) is 30.6. The molecule has 0 aliphatic carbocycles.